The molecule has 0 fully saturated rings. The third-order valence-corrected chi connectivity index (χ3v) is 3.69. The summed E-state index contributed by atoms with van der Waals surface area (Å²) >= 11 is 16.7. The van der Waals surface area contributed by atoms with Crippen LogP contribution in [0.3, 0.4) is 0 Å². The number of rotatable bonds is 1. The number of hydrogen-bond donors (Lipinski definition) is 1. The molecule has 106 valence electrons. The molecule has 1 aromatic carbocycles. The third kappa shape index (κ3) is 2.55. The van der Waals surface area contributed by atoms with Crippen molar-refractivity contribution in [3.63, 3.8) is 0 Å². The van der Waals surface area contributed by atoms with Gasteiger partial charge >= 0.3 is 0 Å². The van der Waals surface area contributed by atoms with Crippen LogP contribution in [0.15, 0.2) is 24.3 Å². The Morgan fingerprint density at radius 1 is 1.25 bits per heavy atom. The van der Waals surface area contributed by atoms with Crippen molar-refractivity contribution in [3.05, 3.63) is 35.4 Å². The van der Waals surface area contributed by atoms with Gasteiger partial charge in [0.25, 0.3) is 9.70 Å². The molecule has 7 heteroatoms. The Bertz CT molecular complexity index is 595. The van der Waals surface area contributed by atoms with Crippen molar-refractivity contribution < 1.29 is 14.3 Å². The number of carbonyl (C=O) groups is 1. The van der Waals surface area contributed by atoms with Crippen LogP contribution in [0.1, 0.15) is 17.2 Å². The summed E-state index contributed by atoms with van der Waals surface area (Å²) < 4.78 is 8.70. The number of benzene rings is 1. The van der Waals surface area contributed by atoms with Crippen LogP contribution in [0.2, 0.25) is 0 Å². The van der Waals surface area contributed by atoms with Crippen LogP contribution in [0.5, 0.6) is 11.5 Å². The minimum Gasteiger partial charge on any atom is -0.454 e. The molecular formula is C13H10Cl3NO3. The van der Waals surface area contributed by atoms with E-state index in [1.807, 2.05) is 24.3 Å². The zero-order valence-corrected chi connectivity index (χ0v) is 12.4. The number of halogens is 3. The Labute approximate surface area is 130 Å². The molecular weight excluding hydrogens is 325 g/mol. The molecule has 1 amide bonds. The van der Waals surface area contributed by atoms with E-state index in [-0.39, 0.29) is 12.8 Å². The molecule has 1 aromatic rings. The van der Waals surface area contributed by atoms with Crippen LogP contribution < -0.4 is 14.8 Å². The van der Waals surface area contributed by atoms with Crippen molar-refractivity contribution in [1.82, 2.24) is 5.32 Å². The predicted octanol–water partition coefficient (Wildman–Crippen LogP) is 3.06. The molecule has 1 unspecified atom stereocenters. The van der Waals surface area contributed by atoms with Gasteiger partial charge in [-0.2, -0.15) is 0 Å². The molecule has 20 heavy (non-hydrogen) atoms. The predicted molar refractivity (Wildman–Crippen MR) is 76.6 cm³/mol. The van der Waals surface area contributed by atoms with Crippen molar-refractivity contribution in [1.29, 1.82) is 0 Å². The molecule has 1 heterocycles. The van der Waals surface area contributed by atoms with Crippen LogP contribution >= 0.6 is 34.8 Å². The molecule has 3 rings (SSSR count). The van der Waals surface area contributed by atoms with Gasteiger partial charge in [-0.25, -0.2) is 0 Å². The lowest BCUT2D eigenvalue weighted by atomic mass is 9.92. The first kappa shape index (κ1) is 13.9. The minimum atomic E-state index is -1.98. The molecule has 0 saturated heterocycles. The smallest absolute Gasteiger partial charge is 0.272 e. The van der Waals surface area contributed by atoms with Crippen molar-refractivity contribution >= 4 is 40.7 Å². The summed E-state index contributed by atoms with van der Waals surface area (Å²) in [6, 6.07) is 3.41. The van der Waals surface area contributed by atoms with E-state index < -0.39 is 9.70 Å². The van der Waals surface area contributed by atoms with Gasteiger partial charge in [0.2, 0.25) is 6.79 Å². The first-order valence-corrected chi connectivity index (χ1v) is 7.05. The Hall–Kier alpha value is -1.10. The van der Waals surface area contributed by atoms with Gasteiger partial charge < -0.3 is 14.8 Å². The molecule has 0 aromatic heterocycles. The van der Waals surface area contributed by atoms with Gasteiger partial charge in [0, 0.05) is 0 Å². The van der Waals surface area contributed by atoms with Crippen LogP contribution in [-0.4, -0.2) is 16.5 Å². The summed E-state index contributed by atoms with van der Waals surface area (Å²) in [6.07, 6.45) is 4.57. The fraction of sp³-hybridized carbons (Fsp3) is 0.308. The number of carbonyl (C=O) groups excluding carboxylic acids is 1. The molecule has 0 spiro atoms. The van der Waals surface area contributed by atoms with Crippen LogP contribution in [-0.2, 0) is 11.2 Å². The lowest BCUT2D eigenvalue weighted by Crippen LogP contribution is -2.37. The van der Waals surface area contributed by atoms with Crippen LogP contribution in [0, 0.1) is 0 Å². The quantitative estimate of drug-likeness (QED) is 0.634. The maximum absolute atomic E-state index is 11.8. The number of alkyl halides is 3. The Morgan fingerprint density at radius 3 is 2.65 bits per heavy atom. The van der Waals surface area contributed by atoms with E-state index >= 15 is 0 Å². The van der Waals surface area contributed by atoms with E-state index in [4.69, 9.17) is 44.3 Å². The van der Waals surface area contributed by atoms with Gasteiger partial charge in [0.15, 0.2) is 11.5 Å². The van der Waals surface area contributed by atoms with E-state index in [9.17, 15) is 4.79 Å². The minimum absolute atomic E-state index is 0.205. The topological polar surface area (TPSA) is 47.6 Å². The van der Waals surface area contributed by atoms with E-state index in [0.29, 0.717) is 11.5 Å². The van der Waals surface area contributed by atoms with E-state index in [1.54, 1.807) is 0 Å². The largest absolute Gasteiger partial charge is 0.454 e. The van der Waals surface area contributed by atoms with Gasteiger partial charge in [-0.05, 0) is 29.7 Å². The molecule has 0 bridgehead atoms. The summed E-state index contributed by atoms with van der Waals surface area (Å²) in [5.74, 6) is 0.709. The monoisotopic (exact) mass is 333 g/mol. The SMILES string of the molecule is O=C(NC1C=CCc2cc3c(cc21)OCO3)C(Cl)(Cl)Cl. The first-order valence-electron chi connectivity index (χ1n) is 5.92. The molecule has 1 atom stereocenters. The molecule has 4 nitrogen and oxygen atoms in total. The maximum atomic E-state index is 11.8. The Kier molecular flexibility index (Phi) is 3.48. The zero-order valence-electron chi connectivity index (χ0n) is 10.2. The standard InChI is InChI=1S/C13H10Cl3NO3/c14-13(15,16)12(18)17-9-3-1-2-7-4-10-11(5-8(7)9)20-6-19-10/h1,3-5,9H,2,6H2,(H,17,18). The van der Waals surface area contributed by atoms with E-state index in [2.05, 4.69) is 5.32 Å². The number of nitrogens with one attached hydrogen (secondary N) is 1. The highest BCUT2D eigenvalue weighted by atomic mass is 35.6. The molecule has 0 saturated carbocycles. The fourth-order valence-corrected chi connectivity index (χ4v) is 2.41. The van der Waals surface area contributed by atoms with Crippen molar-refractivity contribution in [3.8, 4) is 11.5 Å². The summed E-state index contributed by atoms with van der Waals surface area (Å²) in [5.41, 5.74) is 1.96. The molecule has 0 radical (unpaired) electrons. The molecule has 1 aliphatic carbocycles. The average Bonchev–Trinajstić information content (AvgIpc) is 2.82. The van der Waals surface area contributed by atoms with Crippen molar-refractivity contribution in [2.75, 3.05) is 6.79 Å². The highest BCUT2D eigenvalue weighted by Crippen LogP contribution is 2.39. The third-order valence-electron chi connectivity index (χ3n) is 3.18. The van der Waals surface area contributed by atoms with Crippen molar-refractivity contribution in [2.45, 2.75) is 16.3 Å². The van der Waals surface area contributed by atoms with Crippen LogP contribution in [0.4, 0.5) is 0 Å². The summed E-state index contributed by atoms with van der Waals surface area (Å²) in [6.45, 7) is 0.205. The highest BCUT2D eigenvalue weighted by Gasteiger charge is 2.33. The number of amides is 1. The number of hydrogen-bond acceptors (Lipinski definition) is 3. The van der Waals surface area contributed by atoms with E-state index in [1.165, 1.54) is 0 Å². The van der Waals surface area contributed by atoms with Gasteiger partial charge in [0.1, 0.15) is 0 Å². The maximum Gasteiger partial charge on any atom is 0.272 e. The second-order valence-electron chi connectivity index (χ2n) is 4.49. The zero-order chi connectivity index (χ0) is 14.3. The second-order valence-corrected chi connectivity index (χ2v) is 6.77. The van der Waals surface area contributed by atoms with Gasteiger partial charge in [-0.15, -0.1) is 0 Å². The summed E-state index contributed by atoms with van der Waals surface area (Å²) in [7, 11) is 0. The summed E-state index contributed by atoms with van der Waals surface area (Å²) in [5, 5.41) is 2.69. The Balaban J connectivity index is 1.90. The van der Waals surface area contributed by atoms with Crippen molar-refractivity contribution in [2.24, 2.45) is 0 Å². The van der Waals surface area contributed by atoms with Crippen LogP contribution in [0.25, 0.3) is 0 Å². The van der Waals surface area contributed by atoms with E-state index in [0.717, 1.165) is 17.5 Å². The molecule has 1 N–H and O–H groups in total. The highest BCUT2D eigenvalue weighted by molar-refractivity contribution is 6.76. The normalized spacial score (nSPS) is 19.6. The fourth-order valence-electron chi connectivity index (χ4n) is 2.25. The molecule has 2 aliphatic rings. The lowest BCUT2D eigenvalue weighted by Gasteiger charge is -2.24. The lowest BCUT2D eigenvalue weighted by molar-refractivity contribution is -0.120. The second kappa shape index (κ2) is 5.02. The number of fused-ring (bicyclic) bond motifs is 2. The van der Waals surface area contributed by atoms with Gasteiger partial charge in [-0.1, -0.05) is 47.0 Å². The summed E-state index contributed by atoms with van der Waals surface area (Å²) in [4.78, 5) is 11.8. The Morgan fingerprint density at radius 2 is 1.95 bits per heavy atom. The average molecular weight is 335 g/mol. The van der Waals surface area contributed by atoms with Gasteiger partial charge in [-0.3, -0.25) is 4.79 Å². The molecule has 1 aliphatic heterocycles. The number of allylic oxidation sites excluding steroid dienone is 1. The first-order chi connectivity index (χ1) is 9.45. The van der Waals surface area contributed by atoms with Gasteiger partial charge in [0.05, 0.1) is 6.04 Å². The number of ether oxygens (including phenoxy) is 2.